The molecule has 9 heteroatoms. The number of carbonyl (C=O) groups is 2. The molecule has 0 unspecified atom stereocenters. The first-order valence-electron chi connectivity index (χ1n) is 11.1. The molecule has 3 aromatic carbocycles. The summed E-state index contributed by atoms with van der Waals surface area (Å²) in [6.07, 6.45) is 0. The second-order valence-corrected chi connectivity index (χ2v) is 9.63. The van der Waals surface area contributed by atoms with Crippen molar-refractivity contribution in [1.82, 2.24) is 4.31 Å². The summed E-state index contributed by atoms with van der Waals surface area (Å²) >= 11 is 0. The van der Waals surface area contributed by atoms with Gasteiger partial charge in [-0.15, -0.1) is 0 Å². The Labute approximate surface area is 205 Å². The van der Waals surface area contributed by atoms with E-state index in [9.17, 15) is 18.0 Å². The summed E-state index contributed by atoms with van der Waals surface area (Å²) in [4.78, 5) is 24.9. The van der Waals surface area contributed by atoms with Gasteiger partial charge in [0.1, 0.15) is 5.75 Å². The number of nitrogens with one attached hydrogen (secondary N) is 1. The highest BCUT2D eigenvalue weighted by molar-refractivity contribution is 7.89. The number of anilines is 1. The molecule has 0 radical (unpaired) electrons. The van der Waals surface area contributed by atoms with E-state index in [0.29, 0.717) is 34.7 Å². The first kappa shape index (κ1) is 25.9. The minimum Gasteiger partial charge on any atom is -0.494 e. The fourth-order valence-electron chi connectivity index (χ4n) is 3.35. The monoisotopic (exact) mass is 496 g/mol. The summed E-state index contributed by atoms with van der Waals surface area (Å²) in [6, 6.07) is 19.4. The van der Waals surface area contributed by atoms with Crippen LogP contribution in [-0.4, -0.2) is 44.9 Å². The lowest BCUT2D eigenvalue weighted by atomic mass is 10.1. The van der Waals surface area contributed by atoms with Gasteiger partial charge in [0.05, 0.1) is 23.7 Å². The average molecular weight is 497 g/mol. The molecule has 0 spiro atoms. The number of amides is 1. The lowest BCUT2D eigenvalue weighted by Gasteiger charge is -2.20. The number of rotatable bonds is 10. The number of sulfonamides is 1. The molecule has 0 atom stereocenters. The predicted octanol–water partition coefficient (Wildman–Crippen LogP) is 4.34. The summed E-state index contributed by atoms with van der Waals surface area (Å²) in [5.41, 5.74) is 1.78. The van der Waals surface area contributed by atoms with Crippen LogP contribution in [0.5, 0.6) is 5.75 Å². The Morgan fingerprint density at radius 2 is 1.54 bits per heavy atom. The average Bonchev–Trinajstić information content (AvgIpc) is 2.86. The minimum atomic E-state index is -3.73. The minimum absolute atomic E-state index is 0.0158. The lowest BCUT2D eigenvalue weighted by molar-refractivity contribution is 0.0526. The van der Waals surface area contributed by atoms with Crippen LogP contribution in [-0.2, 0) is 21.3 Å². The number of benzene rings is 3. The predicted molar refractivity (Wildman–Crippen MR) is 133 cm³/mol. The van der Waals surface area contributed by atoms with E-state index in [1.54, 1.807) is 67.6 Å². The molecule has 1 N–H and O–H groups in total. The van der Waals surface area contributed by atoms with Crippen molar-refractivity contribution in [3.63, 3.8) is 0 Å². The molecule has 35 heavy (non-hydrogen) atoms. The van der Waals surface area contributed by atoms with E-state index >= 15 is 0 Å². The largest absolute Gasteiger partial charge is 0.494 e. The summed E-state index contributed by atoms with van der Waals surface area (Å²) in [5.74, 6) is -0.319. The highest BCUT2D eigenvalue weighted by Crippen LogP contribution is 2.25. The Balaban J connectivity index is 1.80. The number of hydrogen-bond acceptors (Lipinski definition) is 6. The molecule has 0 fully saturated rings. The normalized spacial score (nSPS) is 11.2. The zero-order chi connectivity index (χ0) is 25.4. The van der Waals surface area contributed by atoms with Crippen LogP contribution in [0.1, 0.15) is 40.1 Å². The fraction of sp³-hybridized carbons (Fsp3) is 0.231. The van der Waals surface area contributed by atoms with Crippen LogP contribution in [0.3, 0.4) is 0 Å². The molecule has 1 amide bonds. The smallest absolute Gasteiger partial charge is 0.338 e. The van der Waals surface area contributed by atoms with Crippen molar-refractivity contribution in [3.05, 3.63) is 89.5 Å². The maximum absolute atomic E-state index is 13.0. The molecule has 0 saturated carbocycles. The molecule has 0 aliphatic carbocycles. The first-order valence-corrected chi connectivity index (χ1v) is 12.6. The fourth-order valence-corrected chi connectivity index (χ4v) is 4.52. The van der Waals surface area contributed by atoms with E-state index in [1.807, 2.05) is 6.92 Å². The molecule has 3 rings (SSSR count). The van der Waals surface area contributed by atoms with Gasteiger partial charge in [-0.05, 0) is 68.4 Å². The Kier molecular flexibility index (Phi) is 8.62. The third-order valence-electron chi connectivity index (χ3n) is 5.12. The van der Waals surface area contributed by atoms with Crippen LogP contribution in [0.25, 0.3) is 0 Å². The molecular formula is C26H28N2O6S. The molecule has 0 saturated heterocycles. The van der Waals surface area contributed by atoms with Gasteiger partial charge in [-0.25, -0.2) is 13.2 Å². The van der Waals surface area contributed by atoms with Gasteiger partial charge < -0.3 is 14.8 Å². The van der Waals surface area contributed by atoms with Crippen molar-refractivity contribution >= 4 is 27.6 Å². The summed E-state index contributed by atoms with van der Waals surface area (Å²) < 4.78 is 37.8. The standard InChI is InChI=1S/C26H28N2O6S/c1-4-33-24-16-13-20(25(29)27-22-14-11-19(12-15-22)26(30)34-5-2)17-21(24)18-28(3)35(31,32)23-9-7-6-8-10-23/h6-17H,4-5,18H2,1-3H3,(H,27,29). The van der Waals surface area contributed by atoms with Gasteiger partial charge in [-0.1, -0.05) is 18.2 Å². The van der Waals surface area contributed by atoms with Gasteiger partial charge in [0.25, 0.3) is 5.91 Å². The molecule has 8 nitrogen and oxygen atoms in total. The zero-order valence-electron chi connectivity index (χ0n) is 19.9. The van der Waals surface area contributed by atoms with Crippen molar-refractivity contribution in [1.29, 1.82) is 0 Å². The quantitative estimate of drug-likeness (QED) is 0.419. The van der Waals surface area contributed by atoms with Crippen LogP contribution >= 0.6 is 0 Å². The van der Waals surface area contributed by atoms with Gasteiger partial charge in [-0.2, -0.15) is 4.31 Å². The van der Waals surface area contributed by atoms with E-state index in [4.69, 9.17) is 9.47 Å². The maximum Gasteiger partial charge on any atom is 0.338 e. The van der Waals surface area contributed by atoms with E-state index in [1.165, 1.54) is 23.5 Å². The highest BCUT2D eigenvalue weighted by atomic mass is 32.2. The number of hydrogen-bond donors (Lipinski definition) is 1. The van der Waals surface area contributed by atoms with Crippen LogP contribution in [0, 0.1) is 0 Å². The third kappa shape index (κ3) is 6.46. The van der Waals surface area contributed by atoms with Crippen molar-refractivity contribution in [2.45, 2.75) is 25.3 Å². The van der Waals surface area contributed by atoms with Crippen LogP contribution in [0.2, 0.25) is 0 Å². The van der Waals surface area contributed by atoms with Gasteiger partial charge in [-0.3, -0.25) is 4.79 Å². The molecule has 0 aliphatic heterocycles. The van der Waals surface area contributed by atoms with Gasteiger partial charge in [0.2, 0.25) is 10.0 Å². The number of nitrogens with zero attached hydrogens (tertiary/aromatic N) is 1. The Morgan fingerprint density at radius 1 is 0.886 bits per heavy atom. The molecule has 0 aromatic heterocycles. The van der Waals surface area contributed by atoms with Crippen LogP contribution in [0.4, 0.5) is 5.69 Å². The maximum atomic E-state index is 13.0. The Morgan fingerprint density at radius 3 is 2.17 bits per heavy atom. The second kappa shape index (κ2) is 11.6. The van der Waals surface area contributed by atoms with E-state index < -0.39 is 16.0 Å². The third-order valence-corrected chi connectivity index (χ3v) is 6.94. The van der Waals surface area contributed by atoms with Crippen LogP contribution < -0.4 is 10.1 Å². The summed E-state index contributed by atoms with van der Waals surface area (Å²) in [7, 11) is -2.24. The lowest BCUT2D eigenvalue weighted by Crippen LogP contribution is -2.27. The van der Waals surface area contributed by atoms with Gasteiger partial charge >= 0.3 is 5.97 Å². The molecule has 0 bridgehead atoms. The first-order chi connectivity index (χ1) is 16.8. The van der Waals surface area contributed by atoms with E-state index in [2.05, 4.69) is 5.32 Å². The summed E-state index contributed by atoms with van der Waals surface area (Å²) in [5, 5.41) is 2.78. The number of esters is 1. The number of carbonyl (C=O) groups excluding carboxylic acids is 2. The number of ether oxygens (including phenoxy) is 2. The van der Waals surface area contributed by atoms with Crippen molar-refractivity contribution < 1.29 is 27.5 Å². The highest BCUT2D eigenvalue weighted by Gasteiger charge is 2.22. The summed E-state index contributed by atoms with van der Waals surface area (Å²) in [6.45, 7) is 4.24. The van der Waals surface area contributed by atoms with Gasteiger partial charge in [0, 0.05) is 30.4 Å². The van der Waals surface area contributed by atoms with Crippen molar-refractivity contribution in [2.24, 2.45) is 0 Å². The Hall–Kier alpha value is -3.69. The molecule has 0 heterocycles. The van der Waals surface area contributed by atoms with E-state index in [-0.39, 0.29) is 24.0 Å². The van der Waals surface area contributed by atoms with Crippen molar-refractivity contribution in [3.8, 4) is 5.75 Å². The Bertz CT molecular complexity index is 1270. The molecule has 184 valence electrons. The van der Waals surface area contributed by atoms with E-state index in [0.717, 1.165) is 0 Å². The topological polar surface area (TPSA) is 102 Å². The molecular weight excluding hydrogens is 468 g/mol. The molecule has 0 aliphatic rings. The molecule has 3 aromatic rings. The second-order valence-electron chi connectivity index (χ2n) is 7.58. The van der Waals surface area contributed by atoms with Crippen LogP contribution in [0.15, 0.2) is 77.7 Å². The van der Waals surface area contributed by atoms with Crippen molar-refractivity contribution in [2.75, 3.05) is 25.6 Å². The SMILES string of the molecule is CCOC(=O)c1ccc(NC(=O)c2ccc(OCC)c(CN(C)S(=O)(=O)c3ccccc3)c2)cc1. The van der Waals surface area contributed by atoms with Gasteiger partial charge in [0.15, 0.2) is 0 Å². The zero-order valence-corrected chi connectivity index (χ0v) is 20.7.